The van der Waals surface area contributed by atoms with Crippen LogP contribution in [0.15, 0.2) is 41.3 Å². The minimum Gasteiger partial charge on any atom is -0.325 e. The number of likely N-dealkylation sites (tertiary alicyclic amines) is 1. The van der Waals surface area contributed by atoms with E-state index in [1.54, 1.807) is 30.0 Å². The Morgan fingerprint density at radius 2 is 1.79 bits per heavy atom. The largest absolute Gasteiger partial charge is 0.325 e. The lowest BCUT2D eigenvalue weighted by Crippen LogP contribution is -2.41. The highest BCUT2D eigenvalue weighted by Crippen LogP contribution is 2.31. The van der Waals surface area contributed by atoms with E-state index in [2.05, 4.69) is 10.0 Å². The lowest BCUT2D eigenvalue weighted by molar-refractivity contribution is -0.117. The summed E-state index contributed by atoms with van der Waals surface area (Å²) in [6.45, 7) is 5.02. The van der Waals surface area contributed by atoms with Crippen LogP contribution in [-0.2, 0) is 21.2 Å². The van der Waals surface area contributed by atoms with E-state index in [1.807, 2.05) is 4.90 Å². The van der Waals surface area contributed by atoms with Crippen molar-refractivity contribution >= 4 is 33.3 Å². The predicted octanol–water partition coefficient (Wildman–Crippen LogP) is 3.02. The number of nitrogens with one attached hydrogen (secondary N) is 2. The molecule has 176 valence electrons. The van der Waals surface area contributed by atoms with E-state index in [9.17, 15) is 22.4 Å². The van der Waals surface area contributed by atoms with Crippen molar-refractivity contribution in [3.8, 4) is 0 Å². The summed E-state index contributed by atoms with van der Waals surface area (Å²) in [5, 5.41) is 2.52. The van der Waals surface area contributed by atoms with Crippen molar-refractivity contribution in [2.75, 3.05) is 29.9 Å². The van der Waals surface area contributed by atoms with E-state index in [1.165, 1.54) is 25.1 Å². The van der Waals surface area contributed by atoms with Crippen LogP contribution in [0.25, 0.3) is 0 Å². The Balaban J connectivity index is 1.44. The molecule has 0 spiro atoms. The Kier molecular flexibility index (Phi) is 6.40. The molecule has 2 aliphatic heterocycles. The first kappa shape index (κ1) is 23.2. The second-order valence-corrected chi connectivity index (χ2v) is 10.2. The van der Waals surface area contributed by atoms with E-state index in [0.29, 0.717) is 18.5 Å². The molecule has 8 nitrogen and oxygen atoms in total. The average Bonchev–Trinajstić information content (AvgIpc) is 3.45. The molecule has 0 radical (unpaired) electrons. The third-order valence-corrected chi connectivity index (χ3v) is 7.57. The number of rotatable bonds is 5. The monoisotopic (exact) mass is 474 g/mol. The Morgan fingerprint density at radius 1 is 1.06 bits per heavy atom. The Hall–Kier alpha value is -2.98. The van der Waals surface area contributed by atoms with Crippen molar-refractivity contribution in [3.63, 3.8) is 0 Å². The molecule has 33 heavy (non-hydrogen) atoms. The molecule has 2 aromatic carbocycles. The van der Waals surface area contributed by atoms with Crippen molar-refractivity contribution in [1.29, 1.82) is 0 Å². The summed E-state index contributed by atoms with van der Waals surface area (Å²) < 4.78 is 41.8. The lowest BCUT2D eigenvalue weighted by atomic mass is 10.2. The Labute approximate surface area is 192 Å². The van der Waals surface area contributed by atoms with Gasteiger partial charge in [-0.25, -0.2) is 17.6 Å². The third kappa shape index (κ3) is 4.86. The van der Waals surface area contributed by atoms with Crippen LogP contribution in [0, 0.1) is 12.7 Å². The van der Waals surface area contributed by atoms with Gasteiger partial charge in [0.2, 0.25) is 15.9 Å². The van der Waals surface area contributed by atoms with Gasteiger partial charge in [0.25, 0.3) is 0 Å². The van der Waals surface area contributed by atoms with Gasteiger partial charge in [0.15, 0.2) is 0 Å². The highest BCUT2D eigenvalue weighted by Gasteiger charge is 2.31. The number of carbonyl (C=O) groups is 2. The van der Waals surface area contributed by atoms with Gasteiger partial charge in [-0.2, -0.15) is 4.72 Å². The summed E-state index contributed by atoms with van der Waals surface area (Å²) in [5.74, 6) is -1.07. The second-order valence-electron chi connectivity index (χ2n) is 8.47. The number of benzene rings is 2. The van der Waals surface area contributed by atoms with Crippen LogP contribution < -0.4 is 14.9 Å². The fourth-order valence-corrected chi connectivity index (χ4v) is 5.35. The van der Waals surface area contributed by atoms with Crippen molar-refractivity contribution < 1.29 is 22.4 Å². The fourth-order valence-electron chi connectivity index (χ4n) is 4.10. The van der Waals surface area contributed by atoms with E-state index in [0.717, 1.165) is 37.2 Å². The molecule has 2 aromatic rings. The van der Waals surface area contributed by atoms with E-state index < -0.39 is 27.8 Å². The fraction of sp³-hybridized carbons (Fsp3) is 0.391. The van der Waals surface area contributed by atoms with Crippen LogP contribution >= 0.6 is 0 Å². The summed E-state index contributed by atoms with van der Waals surface area (Å²) in [6, 6.07) is 7.77. The molecule has 2 aliphatic rings. The maximum Gasteiger partial charge on any atom is 0.324 e. The molecule has 2 heterocycles. The van der Waals surface area contributed by atoms with Crippen LogP contribution in [0.4, 0.5) is 20.6 Å². The number of urea groups is 1. The SMILES string of the molecule is Cc1ccc(NC(=O)[C@@H](C)NS(=O)(=O)c2ccc3c(c2)CCN3C(=O)N2CCCC2)cc1F. The third-order valence-electron chi connectivity index (χ3n) is 6.03. The van der Waals surface area contributed by atoms with Crippen molar-refractivity contribution in [2.24, 2.45) is 0 Å². The summed E-state index contributed by atoms with van der Waals surface area (Å²) in [4.78, 5) is 28.7. The predicted molar refractivity (Wildman–Crippen MR) is 123 cm³/mol. The van der Waals surface area contributed by atoms with E-state index in [-0.39, 0.29) is 16.6 Å². The first-order valence-electron chi connectivity index (χ1n) is 10.9. The van der Waals surface area contributed by atoms with Gasteiger partial charge in [0, 0.05) is 31.0 Å². The molecule has 0 bridgehead atoms. The number of nitrogens with zero attached hydrogens (tertiary/aromatic N) is 2. The number of anilines is 2. The zero-order valence-corrected chi connectivity index (χ0v) is 19.4. The molecule has 3 amide bonds. The Morgan fingerprint density at radius 3 is 2.48 bits per heavy atom. The number of amides is 3. The van der Waals surface area contributed by atoms with E-state index in [4.69, 9.17) is 0 Å². The minimum absolute atomic E-state index is 0.0257. The Bertz CT molecular complexity index is 1190. The molecule has 4 rings (SSSR count). The molecule has 1 atom stereocenters. The van der Waals surface area contributed by atoms with Gasteiger partial charge in [-0.3, -0.25) is 9.69 Å². The van der Waals surface area contributed by atoms with Gasteiger partial charge in [0.1, 0.15) is 5.82 Å². The van der Waals surface area contributed by atoms with Crippen LogP contribution in [-0.4, -0.2) is 50.9 Å². The number of hydrogen-bond donors (Lipinski definition) is 2. The number of carbonyl (C=O) groups excluding carboxylic acids is 2. The normalized spacial score (nSPS) is 16.6. The average molecular weight is 475 g/mol. The molecule has 0 unspecified atom stereocenters. The molecule has 0 aliphatic carbocycles. The van der Waals surface area contributed by atoms with Gasteiger partial charge in [0.05, 0.1) is 10.9 Å². The number of hydrogen-bond acceptors (Lipinski definition) is 4. The number of halogens is 1. The molecule has 1 saturated heterocycles. The summed E-state index contributed by atoms with van der Waals surface area (Å²) >= 11 is 0. The van der Waals surface area contributed by atoms with E-state index >= 15 is 0 Å². The first-order valence-corrected chi connectivity index (χ1v) is 12.4. The molecule has 0 saturated carbocycles. The van der Waals surface area contributed by atoms with Crippen molar-refractivity contribution in [3.05, 3.63) is 53.3 Å². The number of sulfonamides is 1. The number of aryl methyl sites for hydroxylation is 1. The van der Waals surface area contributed by atoms with Gasteiger partial charge in [-0.1, -0.05) is 6.07 Å². The zero-order valence-electron chi connectivity index (χ0n) is 18.6. The van der Waals surface area contributed by atoms with Gasteiger partial charge >= 0.3 is 6.03 Å². The molecule has 0 aromatic heterocycles. The van der Waals surface area contributed by atoms with Crippen molar-refractivity contribution in [2.45, 2.75) is 44.0 Å². The molecule has 1 fully saturated rings. The van der Waals surface area contributed by atoms with Crippen LogP contribution in [0.1, 0.15) is 30.9 Å². The summed E-state index contributed by atoms with van der Waals surface area (Å²) in [6.07, 6.45) is 2.56. The van der Waals surface area contributed by atoms with Gasteiger partial charge < -0.3 is 10.2 Å². The second kappa shape index (κ2) is 9.11. The number of fused-ring (bicyclic) bond motifs is 1. The highest BCUT2D eigenvalue weighted by molar-refractivity contribution is 7.89. The smallest absolute Gasteiger partial charge is 0.324 e. The van der Waals surface area contributed by atoms with Crippen molar-refractivity contribution in [1.82, 2.24) is 9.62 Å². The van der Waals surface area contributed by atoms with Gasteiger partial charge in [-0.05, 0) is 74.6 Å². The topological polar surface area (TPSA) is 98.8 Å². The summed E-state index contributed by atoms with van der Waals surface area (Å²) in [7, 11) is -3.99. The molecule has 10 heteroatoms. The first-order chi connectivity index (χ1) is 15.7. The molecular weight excluding hydrogens is 447 g/mol. The quantitative estimate of drug-likeness (QED) is 0.696. The highest BCUT2D eigenvalue weighted by atomic mass is 32.2. The van der Waals surface area contributed by atoms with Gasteiger partial charge in [-0.15, -0.1) is 0 Å². The maximum absolute atomic E-state index is 13.7. The maximum atomic E-state index is 13.7. The van der Waals surface area contributed by atoms with Crippen LogP contribution in [0.3, 0.4) is 0 Å². The lowest BCUT2D eigenvalue weighted by Gasteiger charge is -2.24. The zero-order chi connectivity index (χ0) is 23.8. The van der Waals surface area contributed by atoms with Crippen LogP contribution in [0.5, 0.6) is 0 Å². The molecular formula is C23H27FN4O4S. The minimum atomic E-state index is -3.99. The van der Waals surface area contributed by atoms with Crippen LogP contribution in [0.2, 0.25) is 0 Å². The molecule has 2 N–H and O–H groups in total. The standard InChI is InChI=1S/C23H27FN4O4S/c1-15-5-6-18(14-20(15)24)25-22(29)16(2)26-33(31,32)19-7-8-21-17(13-19)9-12-28(21)23(30)27-10-3-4-11-27/h5-8,13-14,16,26H,3-4,9-12H2,1-2H3,(H,25,29)/t16-/m1/s1. The summed E-state index contributed by atoms with van der Waals surface area (Å²) in [5.41, 5.74) is 2.18.